The number of nitrogens with two attached hydrogens (primary N) is 1. The lowest BCUT2D eigenvalue weighted by atomic mass is 10.1. The molecule has 0 aliphatic carbocycles. The summed E-state index contributed by atoms with van der Waals surface area (Å²) in [5.41, 5.74) is 6.28. The molecule has 0 radical (unpaired) electrons. The van der Waals surface area contributed by atoms with Crippen LogP contribution in [-0.4, -0.2) is 15.0 Å². The fraction of sp³-hybridized carbons (Fsp3) is 0.500. The fourth-order valence-corrected chi connectivity index (χ4v) is 3.09. The summed E-state index contributed by atoms with van der Waals surface area (Å²) in [5.74, 6) is 0.293. The molecular weight excluding hydrogens is 272 g/mol. The largest absolute Gasteiger partial charge is 0.326 e. The molecule has 0 aliphatic heterocycles. The maximum atomic E-state index is 12.0. The van der Waals surface area contributed by atoms with Gasteiger partial charge in [0.25, 0.3) is 0 Å². The zero-order valence-corrected chi connectivity index (χ0v) is 12.2. The van der Waals surface area contributed by atoms with E-state index in [0.29, 0.717) is 19.0 Å². The molecule has 0 aromatic heterocycles. The molecular formula is C12H19ClN2O2S. The third-order valence-electron chi connectivity index (χ3n) is 2.84. The Hall–Kier alpha value is -0.620. The molecule has 3 N–H and O–H groups in total. The van der Waals surface area contributed by atoms with Crippen LogP contribution < -0.4 is 10.5 Å². The van der Waals surface area contributed by atoms with Crippen LogP contribution in [0.15, 0.2) is 23.1 Å². The molecule has 102 valence electrons. The Kier molecular flexibility index (Phi) is 5.59. The summed E-state index contributed by atoms with van der Waals surface area (Å²) in [5, 5.41) is 0.203. The number of hydrogen-bond donors (Lipinski definition) is 2. The molecule has 1 aromatic carbocycles. The smallest absolute Gasteiger partial charge is 0.242 e. The minimum Gasteiger partial charge on any atom is -0.326 e. The molecule has 6 heteroatoms. The van der Waals surface area contributed by atoms with Gasteiger partial charge in [-0.3, -0.25) is 0 Å². The summed E-state index contributed by atoms with van der Waals surface area (Å²) < 4.78 is 26.7. The van der Waals surface area contributed by atoms with Gasteiger partial charge < -0.3 is 5.73 Å². The summed E-state index contributed by atoms with van der Waals surface area (Å²) in [6.07, 6.45) is 0.919. The number of benzene rings is 1. The second-order valence-electron chi connectivity index (χ2n) is 4.33. The van der Waals surface area contributed by atoms with E-state index in [1.807, 2.05) is 13.8 Å². The summed E-state index contributed by atoms with van der Waals surface area (Å²) >= 11 is 5.97. The van der Waals surface area contributed by atoms with E-state index in [2.05, 4.69) is 4.72 Å². The Morgan fingerprint density at radius 2 is 2.11 bits per heavy atom. The molecule has 0 spiro atoms. The summed E-state index contributed by atoms with van der Waals surface area (Å²) in [6.45, 7) is 4.75. The predicted octanol–water partition coefficient (Wildman–Crippen LogP) is 2.12. The standard InChI is InChI=1S/C12H19ClN2O2S/c1-3-9(2)8-15-18(16,17)12-5-4-10(7-14)6-11(12)13/h4-6,9,15H,3,7-8,14H2,1-2H3. The minimum atomic E-state index is -3.54. The quantitative estimate of drug-likeness (QED) is 0.843. The molecule has 4 nitrogen and oxygen atoms in total. The van der Waals surface area contributed by atoms with Gasteiger partial charge in [-0.05, 0) is 23.6 Å². The molecule has 1 unspecified atom stereocenters. The van der Waals surface area contributed by atoms with Crippen LogP contribution in [0.3, 0.4) is 0 Å². The van der Waals surface area contributed by atoms with Crippen LogP contribution >= 0.6 is 11.6 Å². The highest BCUT2D eigenvalue weighted by Gasteiger charge is 2.18. The first-order chi connectivity index (χ1) is 8.40. The number of hydrogen-bond acceptors (Lipinski definition) is 3. The predicted molar refractivity (Wildman–Crippen MR) is 74.0 cm³/mol. The maximum absolute atomic E-state index is 12.0. The molecule has 0 saturated carbocycles. The zero-order chi connectivity index (χ0) is 13.8. The van der Waals surface area contributed by atoms with Crippen molar-refractivity contribution in [3.63, 3.8) is 0 Å². The van der Waals surface area contributed by atoms with Gasteiger partial charge >= 0.3 is 0 Å². The molecule has 0 saturated heterocycles. The van der Waals surface area contributed by atoms with Crippen molar-refractivity contribution in [2.45, 2.75) is 31.7 Å². The third-order valence-corrected chi connectivity index (χ3v) is 4.75. The van der Waals surface area contributed by atoms with Crippen molar-refractivity contribution in [1.29, 1.82) is 0 Å². The Morgan fingerprint density at radius 1 is 1.44 bits per heavy atom. The summed E-state index contributed by atoms with van der Waals surface area (Å²) in [7, 11) is -3.54. The first-order valence-corrected chi connectivity index (χ1v) is 7.75. The lowest BCUT2D eigenvalue weighted by Crippen LogP contribution is -2.28. The molecule has 0 amide bonds. The molecule has 0 heterocycles. The first kappa shape index (κ1) is 15.4. The monoisotopic (exact) mass is 290 g/mol. The number of nitrogens with one attached hydrogen (secondary N) is 1. The van der Waals surface area contributed by atoms with E-state index in [0.717, 1.165) is 12.0 Å². The second-order valence-corrected chi connectivity index (χ2v) is 6.48. The molecule has 1 aromatic rings. The van der Waals surface area contributed by atoms with Crippen molar-refractivity contribution < 1.29 is 8.42 Å². The van der Waals surface area contributed by atoms with Crippen LogP contribution in [0, 0.1) is 5.92 Å². The van der Waals surface area contributed by atoms with Crippen LogP contribution in [0.25, 0.3) is 0 Å². The fourth-order valence-electron chi connectivity index (χ4n) is 1.36. The number of sulfonamides is 1. The van der Waals surface area contributed by atoms with Gasteiger partial charge in [-0.1, -0.05) is 37.9 Å². The van der Waals surface area contributed by atoms with Gasteiger partial charge in [0.05, 0.1) is 5.02 Å². The summed E-state index contributed by atoms with van der Waals surface area (Å²) in [6, 6.07) is 4.74. The van der Waals surface area contributed by atoms with Gasteiger partial charge in [0, 0.05) is 13.1 Å². The first-order valence-electron chi connectivity index (χ1n) is 5.88. The highest BCUT2D eigenvalue weighted by Crippen LogP contribution is 2.22. The Labute approximate surface area is 114 Å². The zero-order valence-electron chi connectivity index (χ0n) is 10.6. The lowest BCUT2D eigenvalue weighted by Gasteiger charge is -2.12. The van der Waals surface area contributed by atoms with Crippen LogP contribution in [0.1, 0.15) is 25.8 Å². The Balaban J connectivity index is 2.91. The molecule has 0 fully saturated rings. The Morgan fingerprint density at radius 3 is 2.61 bits per heavy atom. The average molecular weight is 291 g/mol. The molecule has 1 atom stereocenters. The van der Waals surface area contributed by atoms with E-state index in [1.165, 1.54) is 6.07 Å². The van der Waals surface area contributed by atoms with Gasteiger partial charge in [0.2, 0.25) is 10.0 Å². The van der Waals surface area contributed by atoms with E-state index >= 15 is 0 Å². The second kappa shape index (κ2) is 6.52. The van der Waals surface area contributed by atoms with Crippen molar-refractivity contribution in [3.05, 3.63) is 28.8 Å². The normalized spacial score (nSPS) is 13.6. The van der Waals surface area contributed by atoms with Crippen LogP contribution in [0.4, 0.5) is 0 Å². The number of halogens is 1. The number of rotatable bonds is 6. The highest BCUT2D eigenvalue weighted by molar-refractivity contribution is 7.89. The van der Waals surface area contributed by atoms with Crippen molar-refractivity contribution in [2.24, 2.45) is 11.7 Å². The molecule has 18 heavy (non-hydrogen) atoms. The van der Waals surface area contributed by atoms with Gasteiger partial charge in [-0.2, -0.15) is 0 Å². The Bertz CT molecular complexity index is 503. The minimum absolute atomic E-state index is 0.102. The van der Waals surface area contributed by atoms with Crippen molar-refractivity contribution in [3.8, 4) is 0 Å². The molecule has 0 aliphatic rings. The summed E-state index contributed by atoms with van der Waals surface area (Å²) in [4.78, 5) is 0.102. The lowest BCUT2D eigenvalue weighted by molar-refractivity contribution is 0.528. The SMILES string of the molecule is CCC(C)CNS(=O)(=O)c1ccc(CN)cc1Cl. The maximum Gasteiger partial charge on any atom is 0.242 e. The van der Waals surface area contributed by atoms with E-state index in [9.17, 15) is 8.42 Å². The van der Waals surface area contributed by atoms with E-state index in [1.54, 1.807) is 12.1 Å². The van der Waals surface area contributed by atoms with Gasteiger partial charge in [-0.15, -0.1) is 0 Å². The highest BCUT2D eigenvalue weighted by atomic mass is 35.5. The molecule has 0 bridgehead atoms. The van der Waals surface area contributed by atoms with Crippen molar-refractivity contribution in [2.75, 3.05) is 6.54 Å². The average Bonchev–Trinajstić information content (AvgIpc) is 2.35. The molecule has 1 rings (SSSR count). The van der Waals surface area contributed by atoms with Crippen molar-refractivity contribution >= 4 is 21.6 Å². The van der Waals surface area contributed by atoms with E-state index in [-0.39, 0.29) is 9.92 Å². The third kappa shape index (κ3) is 3.95. The van der Waals surface area contributed by atoms with E-state index in [4.69, 9.17) is 17.3 Å². The van der Waals surface area contributed by atoms with E-state index < -0.39 is 10.0 Å². The van der Waals surface area contributed by atoms with Crippen LogP contribution in [0.2, 0.25) is 5.02 Å². The van der Waals surface area contributed by atoms with Gasteiger partial charge in [-0.25, -0.2) is 13.1 Å². The topological polar surface area (TPSA) is 72.2 Å². The van der Waals surface area contributed by atoms with Gasteiger partial charge in [0.15, 0.2) is 0 Å². The van der Waals surface area contributed by atoms with Gasteiger partial charge in [0.1, 0.15) is 4.90 Å². The van der Waals surface area contributed by atoms with Crippen LogP contribution in [0.5, 0.6) is 0 Å². The van der Waals surface area contributed by atoms with Crippen molar-refractivity contribution in [1.82, 2.24) is 4.72 Å². The van der Waals surface area contributed by atoms with Crippen LogP contribution in [-0.2, 0) is 16.6 Å².